The molecule has 2 aliphatic carbocycles. The predicted molar refractivity (Wildman–Crippen MR) is 68.6 cm³/mol. The van der Waals surface area contributed by atoms with Gasteiger partial charge >= 0.3 is 0 Å². The van der Waals surface area contributed by atoms with Crippen molar-refractivity contribution in [1.82, 2.24) is 10.2 Å². The number of hydrogen-bond donors (Lipinski definition) is 2. The van der Waals surface area contributed by atoms with Crippen LogP contribution in [0.15, 0.2) is 0 Å². The third-order valence-corrected chi connectivity index (χ3v) is 3.60. The van der Waals surface area contributed by atoms with Crippen molar-refractivity contribution in [3.05, 3.63) is 0 Å². The van der Waals surface area contributed by atoms with Gasteiger partial charge in [0.25, 0.3) is 0 Å². The van der Waals surface area contributed by atoms with Crippen LogP contribution in [0.25, 0.3) is 0 Å². The molecule has 0 radical (unpaired) electrons. The number of nitrogens with zero attached hydrogens (tertiary/aromatic N) is 1. The molecule has 0 aromatic rings. The number of nitrogens with two attached hydrogens (primary N) is 1. The highest BCUT2D eigenvalue weighted by molar-refractivity contribution is 5.77. The van der Waals surface area contributed by atoms with Crippen LogP contribution < -0.4 is 11.1 Å². The third-order valence-electron chi connectivity index (χ3n) is 3.60. The zero-order chi connectivity index (χ0) is 12.3. The largest absolute Gasteiger partial charge is 0.353 e. The molecule has 0 bridgehead atoms. The van der Waals surface area contributed by atoms with Crippen LogP contribution in [0.1, 0.15) is 45.4 Å². The first-order valence-electron chi connectivity index (χ1n) is 6.99. The van der Waals surface area contributed by atoms with Crippen LogP contribution in [-0.2, 0) is 4.79 Å². The molecule has 2 rings (SSSR count). The molecule has 0 aromatic heterocycles. The van der Waals surface area contributed by atoms with E-state index in [1.54, 1.807) is 0 Å². The first-order chi connectivity index (χ1) is 8.24. The molecule has 0 aromatic carbocycles. The monoisotopic (exact) mass is 239 g/mol. The van der Waals surface area contributed by atoms with Crippen molar-refractivity contribution < 1.29 is 4.79 Å². The first kappa shape index (κ1) is 12.8. The van der Waals surface area contributed by atoms with Crippen molar-refractivity contribution in [3.63, 3.8) is 0 Å². The lowest BCUT2D eigenvalue weighted by Crippen LogP contribution is -2.45. The summed E-state index contributed by atoms with van der Waals surface area (Å²) in [5, 5.41) is 3.05. The Labute approximate surface area is 104 Å². The first-order valence-corrected chi connectivity index (χ1v) is 6.99. The van der Waals surface area contributed by atoms with E-state index in [1.807, 2.05) is 0 Å². The lowest BCUT2D eigenvalue weighted by Gasteiger charge is -2.30. The van der Waals surface area contributed by atoms with Gasteiger partial charge in [-0.2, -0.15) is 0 Å². The van der Waals surface area contributed by atoms with Crippen LogP contribution in [0.4, 0.5) is 0 Å². The number of hydrogen-bond acceptors (Lipinski definition) is 3. The summed E-state index contributed by atoms with van der Waals surface area (Å²) < 4.78 is 0. The second kappa shape index (κ2) is 5.83. The predicted octanol–water partition coefficient (Wildman–Crippen LogP) is 0.857. The zero-order valence-electron chi connectivity index (χ0n) is 10.8. The number of amides is 1. The molecule has 1 atom stereocenters. The minimum atomic E-state index is 0.185. The molecule has 2 aliphatic rings. The van der Waals surface area contributed by atoms with Gasteiger partial charge in [0.15, 0.2) is 0 Å². The van der Waals surface area contributed by atoms with Gasteiger partial charge in [0.05, 0.1) is 0 Å². The van der Waals surface area contributed by atoms with E-state index in [1.165, 1.54) is 12.8 Å². The van der Waals surface area contributed by atoms with Crippen molar-refractivity contribution >= 4 is 5.91 Å². The molecule has 4 nitrogen and oxygen atoms in total. The van der Waals surface area contributed by atoms with Crippen LogP contribution in [0.3, 0.4) is 0 Å². The number of rotatable bonds is 8. The van der Waals surface area contributed by atoms with Gasteiger partial charge in [-0.05, 0) is 38.6 Å². The second-order valence-electron chi connectivity index (χ2n) is 5.40. The van der Waals surface area contributed by atoms with Crippen LogP contribution >= 0.6 is 0 Å². The molecule has 98 valence electrons. The quantitative estimate of drug-likeness (QED) is 0.660. The van der Waals surface area contributed by atoms with Gasteiger partial charge in [-0.15, -0.1) is 0 Å². The molecule has 2 fully saturated rings. The van der Waals surface area contributed by atoms with Gasteiger partial charge in [0.1, 0.15) is 0 Å². The van der Waals surface area contributed by atoms with Gasteiger partial charge in [-0.1, -0.05) is 6.92 Å². The molecular formula is C13H25N3O. The highest BCUT2D eigenvalue weighted by Gasteiger charge is 2.34. The minimum Gasteiger partial charge on any atom is -0.353 e. The maximum atomic E-state index is 11.8. The normalized spacial score (nSPS) is 21.6. The highest BCUT2D eigenvalue weighted by atomic mass is 16.1. The Kier molecular flexibility index (Phi) is 4.40. The molecule has 3 N–H and O–H groups in total. The molecule has 1 unspecified atom stereocenters. The zero-order valence-corrected chi connectivity index (χ0v) is 10.8. The maximum absolute atomic E-state index is 11.8. The number of carbonyl (C=O) groups excluding carboxylic acids is 1. The average molecular weight is 239 g/mol. The molecule has 2 saturated carbocycles. The summed E-state index contributed by atoms with van der Waals surface area (Å²) in [5.74, 6) is 0.185. The fourth-order valence-corrected chi connectivity index (χ4v) is 2.39. The van der Waals surface area contributed by atoms with E-state index in [0.29, 0.717) is 25.0 Å². The third kappa shape index (κ3) is 3.96. The van der Waals surface area contributed by atoms with E-state index < -0.39 is 0 Å². The van der Waals surface area contributed by atoms with Crippen molar-refractivity contribution in [2.45, 2.75) is 63.6 Å². The molecule has 0 spiro atoms. The Morgan fingerprint density at radius 2 is 2.12 bits per heavy atom. The smallest absolute Gasteiger partial charge is 0.221 e. The van der Waals surface area contributed by atoms with Crippen LogP contribution in [0.5, 0.6) is 0 Å². The van der Waals surface area contributed by atoms with Gasteiger partial charge in [0.2, 0.25) is 5.91 Å². The molecule has 4 heteroatoms. The summed E-state index contributed by atoms with van der Waals surface area (Å²) >= 11 is 0. The maximum Gasteiger partial charge on any atom is 0.221 e. The van der Waals surface area contributed by atoms with Crippen LogP contribution in [-0.4, -0.2) is 42.0 Å². The minimum absolute atomic E-state index is 0.185. The topological polar surface area (TPSA) is 58.4 Å². The Balaban J connectivity index is 1.81. The Morgan fingerprint density at radius 3 is 2.59 bits per heavy atom. The fraction of sp³-hybridized carbons (Fsp3) is 0.923. The second-order valence-corrected chi connectivity index (χ2v) is 5.40. The van der Waals surface area contributed by atoms with E-state index in [-0.39, 0.29) is 11.9 Å². The summed E-state index contributed by atoms with van der Waals surface area (Å²) in [4.78, 5) is 14.3. The Bertz CT molecular complexity index is 261. The highest BCUT2D eigenvalue weighted by Crippen LogP contribution is 2.29. The number of nitrogens with one attached hydrogen (secondary N) is 1. The van der Waals surface area contributed by atoms with Crippen molar-refractivity contribution in [3.8, 4) is 0 Å². The summed E-state index contributed by atoms with van der Waals surface area (Å²) in [6.07, 6.45) is 6.57. The van der Waals surface area contributed by atoms with Crippen molar-refractivity contribution in [1.29, 1.82) is 0 Å². The van der Waals surface area contributed by atoms with Crippen LogP contribution in [0.2, 0.25) is 0 Å². The van der Waals surface area contributed by atoms with Gasteiger partial charge in [0, 0.05) is 31.1 Å². The Morgan fingerprint density at radius 1 is 1.41 bits per heavy atom. The van der Waals surface area contributed by atoms with E-state index in [4.69, 9.17) is 5.73 Å². The molecule has 17 heavy (non-hydrogen) atoms. The molecule has 0 saturated heterocycles. The van der Waals surface area contributed by atoms with Gasteiger partial charge < -0.3 is 11.1 Å². The summed E-state index contributed by atoms with van der Waals surface area (Å²) in [5.41, 5.74) is 5.84. The van der Waals surface area contributed by atoms with Crippen LogP contribution in [0, 0.1) is 0 Å². The van der Waals surface area contributed by atoms with E-state index in [0.717, 1.165) is 25.8 Å². The molecular weight excluding hydrogens is 214 g/mol. The van der Waals surface area contributed by atoms with E-state index >= 15 is 0 Å². The van der Waals surface area contributed by atoms with Crippen molar-refractivity contribution in [2.75, 3.05) is 13.1 Å². The molecule has 0 aliphatic heterocycles. The van der Waals surface area contributed by atoms with E-state index in [2.05, 4.69) is 17.1 Å². The fourth-order valence-electron chi connectivity index (χ4n) is 2.39. The summed E-state index contributed by atoms with van der Waals surface area (Å²) in [6, 6.07) is 1.39. The van der Waals surface area contributed by atoms with Gasteiger partial charge in [-0.3, -0.25) is 9.69 Å². The molecule has 1 amide bonds. The lowest BCUT2D eigenvalue weighted by molar-refractivity contribution is -0.122. The average Bonchev–Trinajstić information content (AvgIpc) is 3.14. The summed E-state index contributed by atoms with van der Waals surface area (Å²) in [6.45, 7) is 3.85. The SMILES string of the molecule is CCCN(C1CC1)C(CN)CC(=O)NC1CC1. The van der Waals surface area contributed by atoms with Crippen molar-refractivity contribution in [2.24, 2.45) is 5.73 Å². The lowest BCUT2D eigenvalue weighted by atomic mass is 10.1. The standard InChI is InChI=1S/C13H25N3O/c1-2-7-16(11-5-6-11)12(9-14)8-13(17)15-10-3-4-10/h10-12H,2-9,14H2,1H3,(H,15,17). The van der Waals surface area contributed by atoms with Gasteiger partial charge in [-0.25, -0.2) is 0 Å². The number of carbonyl (C=O) groups is 1. The molecule has 0 heterocycles. The van der Waals surface area contributed by atoms with E-state index in [9.17, 15) is 4.79 Å². The summed E-state index contributed by atoms with van der Waals surface area (Å²) in [7, 11) is 0. The Hall–Kier alpha value is -0.610.